The number of nitrogens with two attached hydrogens (primary N) is 1. The van der Waals surface area contributed by atoms with Gasteiger partial charge in [0.2, 0.25) is 0 Å². The molecule has 1 saturated heterocycles. The number of amides is 2. The van der Waals surface area contributed by atoms with Gasteiger partial charge in [0.25, 0.3) is 11.8 Å². The highest BCUT2D eigenvalue weighted by atomic mass is 79.9. The van der Waals surface area contributed by atoms with Crippen LogP contribution in [0.5, 0.6) is 11.5 Å². The number of thioether (sulfide) groups is 1. The van der Waals surface area contributed by atoms with Crippen LogP contribution in [-0.2, 0) is 14.3 Å². The Morgan fingerprint density at radius 3 is 2.53 bits per heavy atom. The number of halogens is 1. The van der Waals surface area contributed by atoms with Gasteiger partial charge in [0.1, 0.15) is 0 Å². The SMILES string of the molecule is CCOC(=O)c1ccc(N=C2NC(=O)C(=Cc3cc(Br)c(OCC(N)=O)c(OCC)c3)S2)cc1. The smallest absolute Gasteiger partial charge is 0.338 e. The summed E-state index contributed by atoms with van der Waals surface area (Å²) in [5.41, 5.74) is 6.84. The summed E-state index contributed by atoms with van der Waals surface area (Å²) in [5.74, 6) is -0.556. The Labute approximate surface area is 208 Å². The summed E-state index contributed by atoms with van der Waals surface area (Å²) in [6.07, 6.45) is 1.69. The molecule has 34 heavy (non-hydrogen) atoms. The van der Waals surface area contributed by atoms with Gasteiger partial charge in [0.15, 0.2) is 23.3 Å². The lowest BCUT2D eigenvalue weighted by Crippen LogP contribution is -2.20. The largest absolute Gasteiger partial charge is 0.490 e. The van der Waals surface area contributed by atoms with Crippen LogP contribution < -0.4 is 20.5 Å². The molecule has 0 radical (unpaired) electrons. The zero-order valence-electron chi connectivity index (χ0n) is 18.4. The van der Waals surface area contributed by atoms with Gasteiger partial charge in [-0.05, 0) is 89.6 Å². The second kappa shape index (κ2) is 11.7. The highest BCUT2D eigenvalue weighted by molar-refractivity contribution is 9.10. The molecule has 0 spiro atoms. The number of nitrogens with zero attached hydrogens (tertiary/aromatic N) is 1. The predicted octanol–water partition coefficient (Wildman–Crippen LogP) is 3.78. The van der Waals surface area contributed by atoms with Gasteiger partial charge < -0.3 is 25.3 Å². The first-order valence-corrected chi connectivity index (χ1v) is 11.9. The van der Waals surface area contributed by atoms with E-state index >= 15 is 0 Å². The van der Waals surface area contributed by atoms with E-state index in [0.29, 0.717) is 56.1 Å². The lowest BCUT2D eigenvalue weighted by atomic mass is 10.2. The Hall–Kier alpha value is -3.31. The quantitative estimate of drug-likeness (QED) is 0.361. The van der Waals surface area contributed by atoms with E-state index < -0.39 is 11.9 Å². The minimum atomic E-state index is -0.609. The maximum atomic E-state index is 12.5. The molecule has 0 aliphatic carbocycles. The van der Waals surface area contributed by atoms with Gasteiger partial charge in [0, 0.05) is 0 Å². The number of carbonyl (C=O) groups excluding carboxylic acids is 3. The number of amidine groups is 1. The molecular weight excluding hydrogens is 526 g/mol. The summed E-state index contributed by atoms with van der Waals surface area (Å²) in [7, 11) is 0. The van der Waals surface area contributed by atoms with Crippen molar-refractivity contribution in [2.24, 2.45) is 10.7 Å². The number of carbonyl (C=O) groups is 3. The second-order valence-electron chi connectivity index (χ2n) is 6.77. The molecular formula is C23H22BrN3O6S. The number of primary amides is 1. The van der Waals surface area contributed by atoms with E-state index in [4.69, 9.17) is 19.9 Å². The van der Waals surface area contributed by atoms with E-state index in [-0.39, 0.29) is 12.5 Å². The van der Waals surface area contributed by atoms with E-state index in [1.807, 2.05) is 6.92 Å². The van der Waals surface area contributed by atoms with Gasteiger partial charge in [-0.3, -0.25) is 9.59 Å². The standard InChI is InChI=1S/C23H22BrN3O6S/c1-3-31-17-10-13(9-16(24)20(17)33-12-19(25)28)11-18-21(29)27-23(34-18)26-15-7-5-14(6-8-15)22(30)32-4-2/h5-11H,3-4,12H2,1-2H3,(H2,25,28)(H,26,27,29). The molecule has 1 aliphatic heterocycles. The summed E-state index contributed by atoms with van der Waals surface area (Å²) < 4.78 is 16.6. The molecule has 0 saturated carbocycles. The Balaban J connectivity index is 1.80. The van der Waals surface area contributed by atoms with Crippen LogP contribution in [-0.4, -0.2) is 42.8 Å². The number of hydrogen-bond donors (Lipinski definition) is 2. The highest BCUT2D eigenvalue weighted by Crippen LogP contribution is 2.38. The van der Waals surface area contributed by atoms with Gasteiger partial charge in [-0.2, -0.15) is 0 Å². The first-order chi connectivity index (χ1) is 16.3. The molecule has 0 bridgehead atoms. The molecule has 3 N–H and O–H groups in total. The monoisotopic (exact) mass is 547 g/mol. The Bertz CT molecular complexity index is 1160. The maximum Gasteiger partial charge on any atom is 0.338 e. The summed E-state index contributed by atoms with van der Waals surface area (Å²) in [6.45, 7) is 3.94. The molecule has 11 heteroatoms. The third-order valence-electron chi connectivity index (χ3n) is 4.25. The zero-order valence-corrected chi connectivity index (χ0v) is 20.8. The Morgan fingerprint density at radius 1 is 1.15 bits per heavy atom. The summed E-state index contributed by atoms with van der Waals surface area (Å²) in [4.78, 5) is 40.2. The second-order valence-corrected chi connectivity index (χ2v) is 8.65. The van der Waals surface area contributed by atoms with Crippen molar-refractivity contribution < 1.29 is 28.6 Å². The summed E-state index contributed by atoms with van der Waals surface area (Å²) in [5, 5.41) is 3.13. The normalized spacial score (nSPS) is 15.3. The molecule has 1 heterocycles. The minimum absolute atomic E-state index is 0.294. The molecule has 0 unspecified atom stereocenters. The molecule has 0 atom stereocenters. The summed E-state index contributed by atoms with van der Waals surface area (Å²) in [6, 6.07) is 10.0. The van der Waals surface area contributed by atoms with Crippen molar-refractivity contribution in [3.63, 3.8) is 0 Å². The van der Waals surface area contributed by atoms with Crippen LogP contribution >= 0.6 is 27.7 Å². The fourth-order valence-electron chi connectivity index (χ4n) is 2.85. The number of benzene rings is 2. The fourth-order valence-corrected chi connectivity index (χ4v) is 4.27. The molecule has 178 valence electrons. The first kappa shape index (κ1) is 25.3. The third-order valence-corrected chi connectivity index (χ3v) is 5.75. The van der Waals surface area contributed by atoms with E-state index in [0.717, 1.165) is 0 Å². The number of aliphatic imine (C=N–C) groups is 1. The Kier molecular flexibility index (Phi) is 8.72. The van der Waals surface area contributed by atoms with E-state index in [9.17, 15) is 14.4 Å². The highest BCUT2D eigenvalue weighted by Gasteiger charge is 2.24. The third kappa shape index (κ3) is 6.61. The van der Waals surface area contributed by atoms with Gasteiger partial charge >= 0.3 is 5.97 Å². The van der Waals surface area contributed by atoms with E-state index in [1.165, 1.54) is 11.8 Å². The van der Waals surface area contributed by atoms with E-state index in [2.05, 4.69) is 26.2 Å². The first-order valence-electron chi connectivity index (χ1n) is 10.2. The molecule has 0 aromatic heterocycles. The predicted molar refractivity (Wildman–Crippen MR) is 133 cm³/mol. The van der Waals surface area contributed by atoms with Crippen LogP contribution in [0.2, 0.25) is 0 Å². The van der Waals surface area contributed by atoms with Gasteiger partial charge in [-0.1, -0.05) is 0 Å². The van der Waals surface area contributed by atoms with Crippen LogP contribution in [0.15, 0.2) is 50.8 Å². The number of esters is 1. The van der Waals surface area contributed by atoms with E-state index in [1.54, 1.807) is 49.4 Å². The van der Waals surface area contributed by atoms with Crippen molar-refractivity contribution >= 4 is 62.4 Å². The molecule has 2 amide bonds. The molecule has 3 rings (SSSR count). The van der Waals surface area contributed by atoms with Crippen molar-refractivity contribution in [1.82, 2.24) is 5.32 Å². The average Bonchev–Trinajstić information content (AvgIpc) is 3.12. The molecule has 2 aromatic rings. The topological polar surface area (TPSA) is 129 Å². The number of ether oxygens (including phenoxy) is 3. The van der Waals surface area contributed by atoms with Crippen molar-refractivity contribution in [2.45, 2.75) is 13.8 Å². The van der Waals surface area contributed by atoms with Crippen LogP contribution in [0.3, 0.4) is 0 Å². The van der Waals surface area contributed by atoms with Crippen LogP contribution in [0.1, 0.15) is 29.8 Å². The van der Waals surface area contributed by atoms with Crippen LogP contribution in [0.4, 0.5) is 5.69 Å². The van der Waals surface area contributed by atoms with Gasteiger partial charge in [-0.25, -0.2) is 9.79 Å². The molecule has 1 fully saturated rings. The number of rotatable bonds is 9. The maximum absolute atomic E-state index is 12.5. The zero-order chi connectivity index (χ0) is 24.7. The minimum Gasteiger partial charge on any atom is -0.490 e. The molecule has 2 aromatic carbocycles. The van der Waals surface area contributed by atoms with Crippen LogP contribution in [0.25, 0.3) is 6.08 Å². The van der Waals surface area contributed by atoms with Crippen molar-refractivity contribution in [1.29, 1.82) is 0 Å². The van der Waals surface area contributed by atoms with Crippen molar-refractivity contribution in [2.75, 3.05) is 19.8 Å². The lowest BCUT2D eigenvalue weighted by molar-refractivity contribution is -0.120. The van der Waals surface area contributed by atoms with Gasteiger partial charge in [0.05, 0.1) is 33.8 Å². The molecule has 9 nitrogen and oxygen atoms in total. The van der Waals surface area contributed by atoms with Crippen molar-refractivity contribution in [3.05, 3.63) is 56.9 Å². The van der Waals surface area contributed by atoms with Crippen molar-refractivity contribution in [3.8, 4) is 11.5 Å². The fraction of sp³-hybridized carbons (Fsp3) is 0.217. The van der Waals surface area contributed by atoms with Crippen LogP contribution in [0, 0.1) is 0 Å². The summed E-state index contributed by atoms with van der Waals surface area (Å²) >= 11 is 4.59. The average molecular weight is 548 g/mol. The Morgan fingerprint density at radius 2 is 1.88 bits per heavy atom. The number of nitrogens with one attached hydrogen (secondary N) is 1. The number of hydrogen-bond acceptors (Lipinski definition) is 8. The lowest BCUT2D eigenvalue weighted by Gasteiger charge is -2.13. The van der Waals surface area contributed by atoms with Gasteiger partial charge in [-0.15, -0.1) is 0 Å². The molecule has 1 aliphatic rings.